The largest absolute Gasteiger partial charge is 0.340 e. The molecular weight excluding hydrogens is 480 g/mol. The highest BCUT2D eigenvalue weighted by Gasteiger charge is 2.43. The van der Waals surface area contributed by atoms with Crippen molar-refractivity contribution in [3.63, 3.8) is 0 Å². The zero-order valence-electron chi connectivity index (χ0n) is 19.7. The van der Waals surface area contributed by atoms with Gasteiger partial charge in [-0.05, 0) is 55.3 Å². The Bertz CT molecular complexity index is 1430. The van der Waals surface area contributed by atoms with Gasteiger partial charge in [0.25, 0.3) is 11.8 Å². The van der Waals surface area contributed by atoms with Crippen LogP contribution in [0.5, 0.6) is 0 Å². The number of carbonyl (C=O) groups is 2. The third-order valence-electron chi connectivity index (χ3n) is 7.58. The Labute approximate surface area is 211 Å². The van der Waals surface area contributed by atoms with Crippen LogP contribution < -0.4 is 0 Å². The number of fused-ring (bicyclic) bond motifs is 1. The third kappa shape index (κ3) is 3.84. The number of carbonyl (C=O) groups excluding carboxylic acids is 2. The van der Waals surface area contributed by atoms with Gasteiger partial charge in [0.05, 0.1) is 5.69 Å². The maximum absolute atomic E-state index is 13.3. The van der Waals surface area contributed by atoms with E-state index in [-0.39, 0.29) is 17.2 Å². The molecule has 0 aliphatic carbocycles. The second-order valence-corrected chi connectivity index (χ2v) is 11.3. The highest BCUT2D eigenvalue weighted by molar-refractivity contribution is 7.18. The quantitative estimate of drug-likeness (QED) is 0.415. The van der Waals surface area contributed by atoms with Crippen LogP contribution in [0.15, 0.2) is 35.7 Å². The van der Waals surface area contributed by atoms with Crippen molar-refractivity contribution in [2.45, 2.75) is 26.2 Å². The number of para-hydroxylation sites is 1. The lowest BCUT2D eigenvalue weighted by Crippen LogP contribution is -2.45. The average Bonchev–Trinajstić information content (AvgIpc) is 3.66. The minimum Gasteiger partial charge on any atom is -0.340 e. The van der Waals surface area contributed by atoms with Crippen LogP contribution in [-0.4, -0.2) is 66.9 Å². The van der Waals surface area contributed by atoms with Crippen LogP contribution in [-0.2, 0) is 7.05 Å². The molecule has 2 fully saturated rings. The van der Waals surface area contributed by atoms with E-state index in [4.69, 9.17) is 0 Å². The number of hydrogen-bond donors (Lipinski definition) is 0. The van der Waals surface area contributed by atoms with Crippen LogP contribution in [0.3, 0.4) is 0 Å². The number of aromatic nitrogens is 4. The Hall–Kier alpha value is -3.11. The molecule has 2 aliphatic rings. The maximum atomic E-state index is 13.3. The molecule has 8 nitrogen and oxygen atoms in total. The van der Waals surface area contributed by atoms with E-state index >= 15 is 0 Å². The average molecular weight is 507 g/mol. The molecule has 3 aromatic heterocycles. The van der Waals surface area contributed by atoms with Gasteiger partial charge in [0, 0.05) is 49.5 Å². The standard InChI is InChI=1S/C25H26N6O2S2/c1-16-21(35-28-27-16)22-26-18(14-34-22)23(32)31-12-9-25(15-31)7-10-30(11-8-25)24(33)20-13-17-5-3-4-6-19(17)29(20)2/h3-6,13-14H,7-12,15H2,1-2H3. The SMILES string of the molecule is Cc1nnsc1-c1nc(C(=O)N2CCC3(CCN(C(=O)c4cc5ccccc5n4C)CC3)C2)cs1. The maximum Gasteiger partial charge on any atom is 0.273 e. The number of piperidine rings is 1. The van der Waals surface area contributed by atoms with E-state index in [1.165, 1.54) is 22.9 Å². The summed E-state index contributed by atoms with van der Waals surface area (Å²) in [6.45, 7) is 4.82. The van der Waals surface area contributed by atoms with Gasteiger partial charge >= 0.3 is 0 Å². The summed E-state index contributed by atoms with van der Waals surface area (Å²) in [5, 5.41) is 7.77. The highest BCUT2D eigenvalue weighted by Crippen LogP contribution is 2.41. The van der Waals surface area contributed by atoms with Gasteiger partial charge in [0.15, 0.2) is 0 Å². The lowest BCUT2D eigenvalue weighted by atomic mass is 9.77. The van der Waals surface area contributed by atoms with Gasteiger partial charge < -0.3 is 14.4 Å². The molecule has 5 heterocycles. The summed E-state index contributed by atoms with van der Waals surface area (Å²) in [7, 11) is 1.96. The predicted molar refractivity (Wildman–Crippen MR) is 137 cm³/mol. The first kappa shape index (κ1) is 22.4. The fourth-order valence-corrected chi connectivity index (χ4v) is 7.00. The summed E-state index contributed by atoms with van der Waals surface area (Å²) >= 11 is 2.77. The molecule has 2 saturated heterocycles. The molecule has 0 N–H and O–H groups in total. The lowest BCUT2D eigenvalue weighted by molar-refractivity contribution is 0.0557. The summed E-state index contributed by atoms with van der Waals surface area (Å²) in [6, 6.07) is 10.1. The number of aryl methyl sites for hydroxylation is 2. The number of nitrogens with zero attached hydrogens (tertiary/aromatic N) is 6. The molecule has 10 heteroatoms. The van der Waals surface area contributed by atoms with Gasteiger partial charge in [-0.1, -0.05) is 22.7 Å². The second-order valence-electron chi connectivity index (χ2n) is 9.64. The van der Waals surface area contributed by atoms with Crippen molar-refractivity contribution in [1.82, 2.24) is 28.9 Å². The Morgan fingerprint density at radius 1 is 1.03 bits per heavy atom. The molecule has 1 spiro atoms. The van der Waals surface area contributed by atoms with E-state index in [1.807, 2.05) is 64.1 Å². The van der Waals surface area contributed by atoms with Gasteiger partial charge in [-0.2, -0.15) is 0 Å². The van der Waals surface area contributed by atoms with Crippen LogP contribution in [0.25, 0.3) is 20.8 Å². The molecular formula is C25H26N6O2S2. The molecule has 0 radical (unpaired) electrons. The van der Waals surface area contributed by atoms with E-state index in [2.05, 4.69) is 14.6 Å². The number of rotatable bonds is 3. The Balaban J connectivity index is 1.11. The summed E-state index contributed by atoms with van der Waals surface area (Å²) in [6.07, 6.45) is 2.81. The lowest BCUT2D eigenvalue weighted by Gasteiger charge is -2.39. The molecule has 2 amide bonds. The van der Waals surface area contributed by atoms with E-state index in [0.29, 0.717) is 5.69 Å². The first-order valence-corrected chi connectivity index (χ1v) is 13.5. The fourth-order valence-electron chi connectivity index (χ4n) is 5.42. The molecule has 0 saturated carbocycles. The normalized spacial score (nSPS) is 17.5. The molecule has 0 unspecified atom stereocenters. The van der Waals surface area contributed by atoms with Gasteiger partial charge in [-0.15, -0.1) is 16.4 Å². The Morgan fingerprint density at radius 2 is 1.77 bits per heavy atom. The Kier molecular flexibility index (Phi) is 5.45. The molecule has 0 bridgehead atoms. The first-order chi connectivity index (χ1) is 16.9. The van der Waals surface area contributed by atoms with Crippen molar-refractivity contribution in [3.05, 3.63) is 52.8 Å². The van der Waals surface area contributed by atoms with Gasteiger partial charge in [-0.3, -0.25) is 9.59 Å². The monoisotopic (exact) mass is 506 g/mol. The number of likely N-dealkylation sites (tertiary alicyclic amines) is 2. The summed E-state index contributed by atoms with van der Waals surface area (Å²) in [5.41, 5.74) is 3.23. The summed E-state index contributed by atoms with van der Waals surface area (Å²) in [4.78, 5) is 35.9. The Morgan fingerprint density at radius 3 is 2.49 bits per heavy atom. The van der Waals surface area contributed by atoms with Crippen LogP contribution in [0.2, 0.25) is 0 Å². The minimum absolute atomic E-state index is 0.00601. The van der Waals surface area contributed by atoms with Crippen LogP contribution in [0.1, 0.15) is 45.9 Å². The number of hydrogen-bond acceptors (Lipinski definition) is 7. The highest BCUT2D eigenvalue weighted by atomic mass is 32.1. The second kappa shape index (κ2) is 8.53. The zero-order valence-corrected chi connectivity index (χ0v) is 21.4. The molecule has 35 heavy (non-hydrogen) atoms. The van der Waals surface area contributed by atoms with E-state index < -0.39 is 0 Å². The van der Waals surface area contributed by atoms with E-state index in [9.17, 15) is 9.59 Å². The van der Waals surface area contributed by atoms with Crippen molar-refractivity contribution < 1.29 is 9.59 Å². The van der Waals surface area contributed by atoms with Crippen molar-refractivity contribution in [2.75, 3.05) is 26.2 Å². The third-order valence-corrected chi connectivity index (χ3v) is 9.40. The van der Waals surface area contributed by atoms with Crippen molar-refractivity contribution in [2.24, 2.45) is 12.5 Å². The predicted octanol–water partition coefficient (Wildman–Crippen LogP) is 4.23. The molecule has 1 aromatic carbocycles. The number of benzene rings is 1. The van der Waals surface area contributed by atoms with Crippen molar-refractivity contribution in [1.29, 1.82) is 0 Å². The molecule has 6 rings (SSSR count). The molecule has 0 atom stereocenters. The number of amides is 2. The van der Waals surface area contributed by atoms with E-state index in [0.717, 1.165) is 77.6 Å². The smallest absolute Gasteiger partial charge is 0.273 e. The molecule has 4 aromatic rings. The van der Waals surface area contributed by atoms with Crippen LogP contribution >= 0.6 is 22.9 Å². The van der Waals surface area contributed by atoms with Gasteiger partial charge in [0.1, 0.15) is 21.3 Å². The fraction of sp³-hybridized carbons (Fsp3) is 0.400. The van der Waals surface area contributed by atoms with Gasteiger partial charge in [0.2, 0.25) is 0 Å². The minimum atomic E-state index is -0.00601. The zero-order chi connectivity index (χ0) is 24.2. The first-order valence-electron chi connectivity index (χ1n) is 11.8. The summed E-state index contributed by atoms with van der Waals surface area (Å²) in [5.74, 6) is 0.0841. The topological polar surface area (TPSA) is 84.2 Å². The molecule has 2 aliphatic heterocycles. The van der Waals surface area contributed by atoms with Crippen molar-refractivity contribution >= 4 is 45.6 Å². The van der Waals surface area contributed by atoms with Crippen LogP contribution in [0, 0.1) is 12.3 Å². The summed E-state index contributed by atoms with van der Waals surface area (Å²) < 4.78 is 5.96. The van der Waals surface area contributed by atoms with E-state index in [1.54, 1.807) is 0 Å². The molecule has 180 valence electrons. The number of thiazole rings is 1. The van der Waals surface area contributed by atoms with Crippen molar-refractivity contribution in [3.8, 4) is 9.88 Å². The van der Waals surface area contributed by atoms with Crippen LogP contribution in [0.4, 0.5) is 0 Å². The van der Waals surface area contributed by atoms with Gasteiger partial charge in [-0.25, -0.2) is 4.98 Å².